The van der Waals surface area contributed by atoms with Crippen molar-refractivity contribution in [3.05, 3.63) is 54.1 Å². The minimum absolute atomic E-state index is 0.170. The summed E-state index contributed by atoms with van der Waals surface area (Å²) in [7, 11) is 0. The summed E-state index contributed by atoms with van der Waals surface area (Å²) in [5.74, 6) is -0.207. The van der Waals surface area contributed by atoms with E-state index in [4.69, 9.17) is 0 Å². The lowest BCUT2D eigenvalue weighted by Gasteiger charge is -2.17. The molecule has 0 saturated carbocycles. The van der Waals surface area contributed by atoms with Crippen LogP contribution in [0, 0.1) is 0 Å². The number of rotatable bonds is 5. The summed E-state index contributed by atoms with van der Waals surface area (Å²) >= 11 is 0. The van der Waals surface area contributed by atoms with Crippen LogP contribution in [0.4, 0.5) is 5.69 Å². The maximum absolute atomic E-state index is 12.1. The maximum atomic E-state index is 12.1. The first-order chi connectivity index (χ1) is 9.72. The fourth-order valence-electron chi connectivity index (χ4n) is 2.02. The second kappa shape index (κ2) is 6.77. The number of hydrogen-bond donors (Lipinski definition) is 2. The zero-order valence-electron chi connectivity index (χ0n) is 11.6. The number of hydrogen-bond acceptors (Lipinski definition) is 4. The summed E-state index contributed by atoms with van der Waals surface area (Å²) in [5.41, 5.74) is 2.30. The smallest absolute Gasteiger partial charge is 0.258 e. The molecule has 5 heteroatoms. The van der Waals surface area contributed by atoms with Crippen LogP contribution < -0.4 is 10.6 Å². The van der Waals surface area contributed by atoms with Gasteiger partial charge in [0.05, 0.1) is 5.56 Å². The average Bonchev–Trinajstić information content (AvgIpc) is 2.49. The lowest BCUT2D eigenvalue weighted by atomic mass is 10.1. The lowest BCUT2D eigenvalue weighted by molar-refractivity contribution is 0.102. The Bertz CT molecular complexity index is 571. The van der Waals surface area contributed by atoms with E-state index in [1.165, 1.54) is 18.7 Å². The van der Waals surface area contributed by atoms with E-state index in [0.29, 0.717) is 5.56 Å². The van der Waals surface area contributed by atoms with E-state index < -0.39 is 0 Å². The monoisotopic (exact) mass is 270 g/mol. The highest BCUT2D eigenvalue weighted by molar-refractivity contribution is 6.04. The van der Waals surface area contributed by atoms with Gasteiger partial charge in [-0.2, -0.15) is 0 Å². The summed E-state index contributed by atoms with van der Waals surface area (Å²) in [6, 6.07) is 7.93. The Morgan fingerprint density at radius 1 is 1.25 bits per heavy atom. The second-order valence-corrected chi connectivity index (χ2v) is 4.45. The number of carbonyl (C=O) groups excluding carboxylic acids is 1. The van der Waals surface area contributed by atoms with Crippen LogP contribution in [0.5, 0.6) is 0 Å². The largest absolute Gasteiger partial charge is 0.322 e. The summed E-state index contributed by atoms with van der Waals surface area (Å²) in [6.45, 7) is 5.00. The molecule has 0 aliphatic heterocycles. The van der Waals surface area contributed by atoms with Gasteiger partial charge in [0.1, 0.15) is 6.33 Å². The summed E-state index contributed by atoms with van der Waals surface area (Å²) in [5, 5.41) is 6.25. The molecule has 1 aromatic carbocycles. The number of para-hydroxylation sites is 1. The Hall–Kier alpha value is -2.27. The first kappa shape index (κ1) is 14.1. The van der Waals surface area contributed by atoms with Crippen LogP contribution in [0.3, 0.4) is 0 Å². The van der Waals surface area contributed by atoms with Gasteiger partial charge < -0.3 is 10.6 Å². The minimum atomic E-state index is -0.207. The van der Waals surface area contributed by atoms with Crippen molar-refractivity contribution >= 4 is 11.6 Å². The van der Waals surface area contributed by atoms with Crippen molar-refractivity contribution in [3.8, 4) is 0 Å². The van der Waals surface area contributed by atoms with Crippen molar-refractivity contribution in [1.82, 2.24) is 15.3 Å². The molecule has 0 radical (unpaired) electrons. The fourth-order valence-corrected chi connectivity index (χ4v) is 2.02. The third-order valence-electron chi connectivity index (χ3n) is 3.01. The minimum Gasteiger partial charge on any atom is -0.322 e. The van der Waals surface area contributed by atoms with Gasteiger partial charge in [0.25, 0.3) is 5.91 Å². The lowest BCUT2D eigenvalue weighted by Crippen LogP contribution is -2.20. The van der Waals surface area contributed by atoms with E-state index in [0.717, 1.165) is 17.8 Å². The van der Waals surface area contributed by atoms with Crippen molar-refractivity contribution in [2.24, 2.45) is 0 Å². The van der Waals surface area contributed by atoms with Gasteiger partial charge >= 0.3 is 0 Å². The molecule has 0 saturated heterocycles. The molecule has 2 rings (SSSR count). The Balaban J connectivity index is 2.19. The highest BCUT2D eigenvalue weighted by atomic mass is 16.1. The van der Waals surface area contributed by atoms with Crippen LogP contribution in [-0.2, 0) is 0 Å². The van der Waals surface area contributed by atoms with Gasteiger partial charge in [0.15, 0.2) is 0 Å². The number of aromatic nitrogens is 2. The molecule has 5 nitrogen and oxygen atoms in total. The van der Waals surface area contributed by atoms with Gasteiger partial charge in [-0.3, -0.25) is 4.79 Å². The summed E-state index contributed by atoms with van der Waals surface area (Å²) in [4.78, 5) is 19.8. The zero-order chi connectivity index (χ0) is 14.4. The van der Waals surface area contributed by atoms with Crippen molar-refractivity contribution in [3.63, 3.8) is 0 Å². The third kappa shape index (κ3) is 3.39. The fraction of sp³-hybridized carbons (Fsp3) is 0.267. The SMILES string of the molecule is CCNC(C)c1ccccc1NC(=O)c1cncnc1. The highest BCUT2D eigenvalue weighted by Crippen LogP contribution is 2.22. The number of nitrogens with zero attached hydrogens (tertiary/aromatic N) is 2. The number of benzene rings is 1. The van der Waals surface area contributed by atoms with Crippen LogP contribution in [-0.4, -0.2) is 22.4 Å². The topological polar surface area (TPSA) is 66.9 Å². The van der Waals surface area contributed by atoms with Gasteiger partial charge in [0, 0.05) is 24.1 Å². The molecule has 0 aliphatic rings. The van der Waals surface area contributed by atoms with E-state index >= 15 is 0 Å². The Kier molecular flexibility index (Phi) is 4.79. The molecule has 1 heterocycles. The first-order valence-electron chi connectivity index (χ1n) is 6.61. The van der Waals surface area contributed by atoms with Crippen molar-refractivity contribution in [2.75, 3.05) is 11.9 Å². The Labute approximate surface area is 118 Å². The molecule has 1 amide bonds. The second-order valence-electron chi connectivity index (χ2n) is 4.45. The molecular formula is C15H18N4O. The van der Waals surface area contributed by atoms with Gasteiger partial charge in [-0.15, -0.1) is 0 Å². The number of nitrogens with one attached hydrogen (secondary N) is 2. The van der Waals surface area contributed by atoms with E-state index in [1.54, 1.807) is 0 Å². The molecule has 0 spiro atoms. The van der Waals surface area contributed by atoms with Crippen LogP contribution in [0.15, 0.2) is 43.0 Å². The molecule has 1 atom stereocenters. The zero-order valence-corrected chi connectivity index (χ0v) is 11.6. The van der Waals surface area contributed by atoms with Crippen molar-refractivity contribution in [2.45, 2.75) is 19.9 Å². The molecule has 0 fully saturated rings. The predicted molar refractivity (Wildman–Crippen MR) is 78.5 cm³/mol. The van der Waals surface area contributed by atoms with Gasteiger partial charge in [-0.25, -0.2) is 9.97 Å². The van der Waals surface area contributed by atoms with Gasteiger partial charge in [-0.1, -0.05) is 25.1 Å². The molecule has 104 valence electrons. The van der Waals surface area contributed by atoms with Crippen LogP contribution in [0.2, 0.25) is 0 Å². The molecule has 2 aromatic rings. The van der Waals surface area contributed by atoms with E-state index in [1.807, 2.05) is 24.3 Å². The normalized spacial score (nSPS) is 11.9. The Morgan fingerprint density at radius 2 is 1.95 bits per heavy atom. The van der Waals surface area contributed by atoms with Crippen molar-refractivity contribution < 1.29 is 4.79 Å². The molecule has 0 bridgehead atoms. The summed E-state index contributed by atoms with van der Waals surface area (Å²) in [6.07, 6.45) is 4.40. The van der Waals surface area contributed by atoms with E-state index in [9.17, 15) is 4.79 Å². The predicted octanol–water partition coefficient (Wildman–Crippen LogP) is 2.40. The standard InChI is InChI=1S/C15H18N4O/c1-3-18-11(2)13-6-4-5-7-14(13)19-15(20)12-8-16-10-17-9-12/h4-11,18H,3H2,1-2H3,(H,19,20). The maximum Gasteiger partial charge on any atom is 0.258 e. The average molecular weight is 270 g/mol. The Morgan fingerprint density at radius 3 is 2.65 bits per heavy atom. The molecule has 1 aromatic heterocycles. The van der Waals surface area contributed by atoms with Crippen LogP contribution in [0.25, 0.3) is 0 Å². The number of carbonyl (C=O) groups is 1. The summed E-state index contributed by atoms with van der Waals surface area (Å²) < 4.78 is 0. The first-order valence-corrected chi connectivity index (χ1v) is 6.61. The molecule has 1 unspecified atom stereocenters. The third-order valence-corrected chi connectivity index (χ3v) is 3.01. The van der Waals surface area contributed by atoms with E-state index in [2.05, 4.69) is 34.4 Å². The molecule has 2 N–H and O–H groups in total. The van der Waals surface area contributed by atoms with Gasteiger partial charge in [-0.05, 0) is 25.1 Å². The molecule has 0 aliphatic carbocycles. The molecular weight excluding hydrogens is 252 g/mol. The van der Waals surface area contributed by atoms with Crippen LogP contribution in [0.1, 0.15) is 35.8 Å². The van der Waals surface area contributed by atoms with Crippen LogP contribution >= 0.6 is 0 Å². The number of anilines is 1. The van der Waals surface area contributed by atoms with Gasteiger partial charge in [0.2, 0.25) is 0 Å². The van der Waals surface area contributed by atoms with E-state index in [-0.39, 0.29) is 11.9 Å². The highest BCUT2D eigenvalue weighted by Gasteiger charge is 2.12. The van der Waals surface area contributed by atoms with Crippen molar-refractivity contribution in [1.29, 1.82) is 0 Å². The molecule has 20 heavy (non-hydrogen) atoms. The number of amides is 1. The quantitative estimate of drug-likeness (QED) is 0.875.